The summed E-state index contributed by atoms with van der Waals surface area (Å²) in [4.78, 5) is 12.6. The molecule has 1 aromatic carbocycles. The fourth-order valence-corrected chi connectivity index (χ4v) is 1.12. The number of aliphatic hydroxyl groups excluding tert-OH is 1. The maximum atomic E-state index is 13.1. The molecule has 0 aromatic heterocycles. The van der Waals surface area contributed by atoms with Crippen LogP contribution in [0.1, 0.15) is 10.4 Å². The zero-order valence-corrected chi connectivity index (χ0v) is 8.20. The number of aliphatic hydroxyl groups is 1. The lowest BCUT2D eigenvalue weighted by molar-refractivity contribution is 0.0762. The number of halogens is 2. The smallest absolute Gasteiger partial charge is 0.256 e. The summed E-state index contributed by atoms with van der Waals surface area (Å²) >= 11 is 0. The molecule has 1 amide bonds. The number of amides is 1. The average Bonchev–Trinajstić information content (AvgIpc) is 2.21. The number of carbonyl (C=O) groups is 1. The molecule has 0 spiro atoms. The number of benzene rings is 1. The van der Waals surface area contributed by atoms with Gasteiger partial charge in [0.1, 0.15) is 11.6 Å². The van der Waals surface area contributed by atoms with Gasteiger partial charge in [0, 0.05) is 13.6 Å². The van der Waals surface area contributed by atoms with Crippen molar-refractivity contribution in [2.45, 2.75) is 0 Å². The van der Waals surface area contributed by atoms with E-state index in [0.717, 1.165) is 23.1 Å². The maximum Gasteiger partial charge on any atom is 0.256 e. The minimum absolute atomic E-state index is 0.0782. The van der Waals surface area contributed by atoms with Gasteiger partial charge in [0.15, 0.2) is 0 Å². The van der Waals surface area contributed by atoms with Crippen molar-refractivity contribution >= 4 is 5.91 Å². The monoisotopic (exact) mass is 215 g/mol. The Labute approximate surface area is 85.9 Å². The van der Waals surface area contributed by atoms with Gasteiger partial charge >= 0.3 is 0 Å². The van der Waals surface area contributed by atoms with Crippen LogP contribution in [0.4, 0.5) is 8.78 Å². The molecule has 0 bridgehead atoms. The Bertz CT molecular complexity index is 368. The zero-order chi connectivity index (χ0) is 11.4. The minimum atomic E-state index is -0.772. The summed E-state index contributed by atoms with van der Waals surface area (Å²) in [5, 5.41) is 8.59. The Kier molecular flexibility index (Phi) is 3.74. The van der Waals surface area contributed by atoms with Crippen molar-refractivity contribution in [2.75, 3.05) is 20.2 Å². The van der Waals surface area contributed by atoms with Crippen LogP contribution in [-0.2, 0) is 0 Å². The first-order valence-corrected chi connectivity index (χ1v) is 4.37. The predicted octanol–water partition coefficient (Wildman–Crippen LogP) is 1.03. The minimum Gasteiger partial charge on any atom is -0.395 e. The predicted molar refractivity (Wildman–Crippen MR) is 50.4 cm³/mol. The van der Waals surface area contributed by atoms with E-state index in [2.05, 4.69) is 0 Å². The van der Waals surface area contributed by atoms with Crippen molar-refractivity contribution in [3.8, 4) is 0 Å². The first-order chi connectivity index (χ1) is 7.06. The van der Waals surface area contributed by atoms with Crippen molar-refractivity contribution in [3.63, 3.8) is 0 Å². The molecule has 0 aliphatic carbocycles. The van der Waals surface area contributed by atoms with Crippen LogP contribution in [0.2, 0.25) is 0 Å². The quantitative estimate of drug-likeness (QED) is 0.818. The van der Waals surface area contributed by atoms with Crippen LogP contribution < -0.4 is 0 Å². The van der Waals surface area contributed by atoms with Crippen LogP contribution in [-0.4, -0.2) is 36.1 Å². The lowest BCUT2D eigenvalue weighted by Gasteiger charge is -2.15. The highest BCUT2D eigenvalue weighted by Crippen LogP contribution is 2.11. The Morgan fingerprint density at radius 1 is 1.47 bits per heavy atom. The number of likely N-dealkylation sites (N-methyl/N-ethyl adjacent to an activating group) is 1. The van der Waals surface area contributed by atoms with Gasteiger partial charge in [0.2, 0.25) is 0 Å². The molecule has 0 saturated carbocycles. The number of hydrogen-bond acceptors (Lipinski definition) is 2. The van der Waals surface area contributed by atoms with E-state index in [0.29, 0.717) is 0 Å². The molecule has 0 saturated heterocycles. The van der Waals surface area contributed by atoms with Gasteiger partial charge in [0.05, 0.1) is 12.2 Å². The summed E-state index contributed by atoms with van der Waals surface area (Å²) in [6.07, 6.45) is 0. The molecule has 0 atom stereocenters. The van der Waals surface area contributed by atoms with Crippen molar-refractivity contribution in [3.05, 3.63) is 35.4 Å². The summed E-state index contributed by atoms with van der Waals surface area (Å²) in [5.74, 6) is -2.09. The van der Waals surface area contributed by atoms with E-state index in [1.54, 1.807) is 0 Å². The first kappa shape index (κ1) is 11.6. The van der Waals surface area contributed by atoms with Crippen LogP contribution in [0.25, 0.3) is 0 Å². The van der Waals surface area contributed by atoms with Crippen LogP contribution in [0, 0.1) is 11.6 Å². The summed E-state index contributed by atoms with van der Waals surface area (Å²) < 4.78 is 25.9. The Morgan fingerprint density at radius 3 is 2.73 bits per heavy atom. The molecule has 0 aliphatic rings. The highest BCUT2D eigenvalue weighted by Gasteiger charge is 2.16. The van der Waals surface area contributed by atoms with E-state index in [1.807, 2.05) is 0 Å². The van der Waals surface area contributed by atoms with E-state index < -0.39 is 17.5 Å². The number of rotatable bonds is 3. The van der Waals surface area contributed by atoms with Crippen molar-refractivity contribution < 1.29 is 18.7 Å². The SMILES string of the molecule is CN(CCO)C(=O)c1cc(F)ccc1F. The van der Waals surface area contributed by atoms with Gasteiger partial charge in [-0.25, -0.2) is 8.78 Å². The fraction of sp³-hybridized carbons (Fsp3) is 0.300. The standard InChI is InChI=1S/C10H11F2NO2/c1-13(4-5-14)10(15)8-6-7(11)2-3-9(8)12/h2-3,6,14H,4-5H2,1H3. The molecule has 5 heteroatoms. The second kappa shape index (κ2) is 4.84. The van der Waals surface area contributed by atoms with Crippen molar-refractivity contribution in [1.82, 2.24) is 4.90 Å². The molecule has 1 rings (SSSR count). The van der Waals surface area contributed by atoms with E-state index in [1.165, 1.54) is 7.05 Å². The highest BCUT2D eigenvalue weighted by atomic mass is 19.1. The van der Waals surface area contributed by atoms with E-state index in [4.69, 9.17) is 5.11 Å². The van der Waals surface area contributed by atoms with E-state index in [9.17, 15) is 13.6 Å². The van der Waals surface area contributed by atoms with Crippen LogP contribution in [0.15, 0.2) is 18.2 Å². The molecule has 0 fully saturated rings. The third-order valence-electron chi connectivity index (χ3n) is 1.94. The summed E-state index contributed by atoms with van der Waals surface area (Å²) in [5.41, 5.74) is -0.328. The van der Waals surface area contributed by atoms with Gasteiger partial charge in [-0.2, -0.15) is 0 Å². The summed E-state index contributed by atoms with van der Waals surface area (Å²) in [6, 6.07) is 2.68. The van der Waals surface area contributed by atoms with E-state index >= 15 is 0 Å². The molecule has 15 heavy (non-hydrogen) atoms. The van der Waals surface area contributed by atoms with Gasteiger partial charge in [0.25, 0.3) is 5.91 Å². The van der Waals surface area contributed by atoms with Crippen molar-refractivity contribution in [1.29, 1.82) is 0 Å². The molecule has 1 N–H and O–H groups in total. The molecule has 1 aromatic rings. The van der Waals surface area contributed by atoms with Gasteiger partial charge < -0.3 is 10.0 Å². The van der Waals surface area contributed by atoms with Crippen LogP contribution in [0.3, 0.4) is 0 Å². The number of nitrogens with zero attached hydrogens (tertiary/aromatic N) is 1. The number of carbonyl (C=O) groups excluding carboxylic acids is 1. The third kappa shape index (κ3) is 2.73. The zero-order valence-electron chi connectivity index (χ0n) is 8.20. The molecular weight excluding hydrogens is 204 g/mol. The normalized spacial score (nSPS) is 10.1. The molecule has 0 aliphatic heterocycles. The summed E-state index contributed by atoms with van der Waals surface area (Å²) in [6.45, 7) is -0.145. The second-order valence-corrected chi connectivity index (χ2v) is 3.07. The molecule has 0 unspecified atom stereocenters. The lowest BCUT2D eigenvalue weighted by Crippen LogP contribution is -2.30. The fourth-order valence-electron chi connectivity index (χ4n) is 1.12. The Hall–Kier alpha value is -1.49. The third-order valence-corrected chi connectivity index (χ3v) is 1.94. The number of hydrogen-bond donors (Lipinski definition) is 1. The molecule has 82 valence electrons. The van der Waals surface area contributed by atoms with Gasteiger partial charge in [-0.1, -0.05) is 0 Å². The topological polar surface area (TPSA) is 40.5 Å². The Morgan fingerprint density at radius 2 is 2.13 bits per heavy atom. The second-order valence-electron chi connectivity index (χ2n) is 3.07. The lowest BCUT2D eigenvalue weighted by atomic mass is 10.2. The Balaban J connectivity index is 2.95. The molecular formula is C10H11F2NO2. The first-order valence-electron chi connectivity index (χ1n) is 4.37. The van der Waals surface area contributed by atoms with E-state index in [-0.39, 0.29) is 18.7 Å². The van der Waals surface area contributed by atoms with Gasteiger partial charge in [-0.05, 0) is 18.2 Å². The summed E-state index contributed by atoms with van der Waals surface area (Å²) in [7, 11) is 1.41. The van der Waals surface area contributed by atoms with Gasteiger partial charge in [-0.15, -0.1) is 0 Å². The average molecular weight is 215 g/mol. The van der Waals surface area contributed by atoms with Crippen LogP contribution in [0.5, 0.6) is 0 Å². The van der Waals surface area contributed by atoms with Crippen LogP contribution >= 0.6 is 0 Å². The molecule has 0 heterocycles. The van der Waals surface area contributed by atoms with Crippen molar-refractivity contribution in [2.24, 2.45) is 0 Å². The largest absolute Gasteiger partial charge is 0.395 e. The maximum absolute atomic E-state index is 13.1. The highest BCUT2D eigenvalue weighted by molar-refractivity contribution is 5.94. The van der Waals surface area contributed by atoms with Gasteiger partial charge in [-0.3, -0.25) is 4.79 Å². The molecule has 3 nitrogen and oxygen atoms in total. The molecule has 0 radical (unpaired) electrons.